The van der Waals surface area contributed by atoms with Crippen LogP contribution in [0.15, 0.2) is 54.9 Å². The molecule has 176 valence electrons. The molecule has 1 aliphatic heterocycles. The van der Waals surface area contributed by atoms with E-state index in [1.165, 1.54) is 0 Å². The van der Waals surface area contributed by atoms with Gasteiger partial charge in [-0.05, 0) is 49.8 Å². The Hall–Kier alpha value is -4.19. The lowest BCUT2D eigenvalue weighted by molar-refractivity contribution is 0.00415. The topological polar surface area (TPSA) is 113 Å². The van der Waals surface area contributed by atoms with Gasteiger partial charge in [-0.25, -0.2) is 14.8 Å². The van der Waals surface area contributed by atoms with E-state index >= 15 is 0 Å². The number of carbonyl (C=O) groups excluding carboxylic acids is 1. The Balaban J connectivity index is 1.14. The average molecular weight is 468 g/mol. The van der Waals surface area contributed by atoms with Gasteiger partial charge in [0.2, 0.25) is 0 Å². The highest BCUT2D eigenvalue weighted by Gasteiger charge is 2.48. The van der Waals surface area contributed by atoms with Crippen molar-refractivity contribution in [2.45, 2.75) is 44.4 Å². The highest BCUT2D eigenvalue weighted by atomic mass is 16.6. The third kappa shape index (κ3) is 4.12. The van der Waals surface area contributed by atoms with Crippen LogP contribution in [0.5, 0.6) is 0 Å². The number of imidazole rings is 1. The molecule has 1 saturated carbocycles. The third-order valence-corrected chi connectivity index (χ3v) is 7.06. The molecule has 1 saturated heterocycles. The molecule has 6 rings (SSSR count). The highest BCUT2D eigenvalue weighted by Crippen LogP contribution is 2.41. The first-order chi connectivity index (χ1) is 17.1. The van der Waals surface area contributed by atoms with E-state index in [0.717, 1.165) is 48.8 Å². The lowest BCUT2D eigenvalue weighted by Gasteiger charge is -2.36. The van der Waals surface area contributed by atoms with Crippen LogP contribution in [0.2, 0.25) is 0 Å². The maximum atomic E-state index is 12.8. The summed E-state index contributed by atoms with van der Waals surface area (Å²) in [6, 6.07) is 17.5. The Morgan fingerprint density at radius 3 is 2.97 bits per heavy atom. The van der Waals surface area contributed by atoms with E-state index in [1.807, 2.05) is 48.8 Å². The van der Waals surface area contributed by atoms with Crippen LogP contribution in [0.1, 0.15) is 37.1 Å². The summed E-state index contributed by atoms with van der Waals surface area (Å²) in [6.45, 7) is 1.67. The van der Waals surface area contributed by atoms with Gasteiger partial charge in [0, 0.05) is 12.1 Å². The van der Waals surface area contributed by atoms with Crippen molar-refractivity contribution in [3.05, 3.63) is 66.2 Å². The number of aromatic amines is 1. The van der Waals surface area contributed by atoms with Gasteiger partial charge in [0.15, 0.2) is 5.82 Å². The Labute approximate surface area is 202 Å². The van der Waals surface area contributed by atoms with Crippen molar-refractivity contribution in [2.24, 2.45) is 5.92 Å². The summed E-state index contributed by atoms with van der Waals surface area (Å²) in [5.41, 5.74) is 2.93. The van der Waals surface area contributed by atoms with E-state index in [2.05, 4.69) is 30.8 Å². The predicted octanol–water partition coefficient (Wildman–Crippen LogP) is 4.27. The fourth-order valence-electron chi connectivity index (χ4n) is 5.46. The number of amides is 1. The fourth-order valence-corrected chi connectivity index (χ4v) is 5.46. The third-order valence-electron chi connectivity index (χ3n) is 7.06. The lowest BCUT2D eigenvalue weighted by atomic mass is 9.78. The molecule has 0 radical (unpaired) electrons. The van der Waals surface area contributed by atoms with Crippen LogP contribution in [0, 0.1) is 17.2 Å². The van der Waals surface area contributed by atoms with Crippen molar-refractivity contribution >= 4 is 17.1 Å². The minimum Gasteiger partial charge on any atom is -0.441 e. The standard InChI is InChI=1S/C26H25N7O2/c27-13-18-8-9-21-22(11-18)33(17-28-21)14-19-5-4-10-26(12-19)16-32(25(34)35-26)15-23-29-24(31-30-23)20-6-2-1-3-7-20/h1-3,6-9,11,17,19H,4-5,10,12,14-16H2,(H,29,30,31)/t19-,26-/m0/s1. The largest absolute Gasteiger partial charge is 0.441 e. The molecule has 1 N–H and O–H groups in total. The maximum absolute atomic E-state index is 12.8. The summed E-state index contributed by atoms with van der Waals surface area (Å²) in [6.07, 6.45) is 5.28. The zero-order valence-corrected chi connectivity index (χ0v) is 19.2. The van der Waals surface area contributed by atoms with Crippen LogP contribution < -0.4 is 0 Å². The van der Waals surface area contributed by atoms with Crippen LogP contribution in [-0.2, 0) is 17.8 Å². The van der Waals surface area contributed by atoms with Gasteiger partial charge in [0.25, 0.3) is 0 Å². The van der Waals surface area contributed by atoms with Gasteiger partial charge < -0.3 is 9.30 Å². The van der Waals surface area contributed by atoms with Crippen molar-refractivity contribution < 1.29 is 9.53 Å². The molecular formula is C26H25N7O2. The fraction of sp³-hybridized carbons (Fsp3) is 0.346. The van der Waals surface area contributed by atoms with Crippen molar-refractivity contribution in [3.63, 3.8) is 0 Å². The molecular weight excluding hydrogens is 442 g/mol. The summed E-state index contributed by atoms with van der Waals surface area (Å²) in [4.78, 5) is 23.6. The first kappa shape index (κ1) is 21.4. The molecule has 1 amide bonds. The van der Waals surface area contributed by atoms with Gasteiger partial charge in [-0.3, -0.25) is 10.00 Å². The molecule has 0 bridgehead atoms. The van der Waals surface area contributed by atoms with E-state index in [9.17, 15) is 10.1 Å². The normalized spacial score (nSPS) is 22.0. The van der Waals surface area contributed by atoms with Crippen molar-refractivity contribution in [2.75, 3.05) is 6.54 Å². The summed E-state index contributed by atoms with van der Waals surface area (Å²) >= 11 is 0. The number of nitriles is 1. The zero-order chi connectivity index (χ0) is 23.8. The Bertz CT molecular complexity index is 1420. The Kier molecular flexibility index (Phi) is 5.21. The van der Waals surface area contributed by atoms with E-state index in [0.29, 0.717) is 36.2 Å². The lowest BCUT2D eigenvalue weighted by Crippen LogP contribution is -2.40. The molecule has 9 nitrogen and oxygen atoms in total. The monoisotopic (exact) mass is 467 g/mol. The Morgan fingerprint density at radius 1 is 1.23 bits per heavy atom. The summed E-state index contributed by atoms with van der Waals surface area (Å²) in [5, 5.41) is 16.5. The smallest absolute Gasteiger partial charge is 0.410 e. The van der Waals surface area contributed by atoms with Gasteiger partial charge in [-0.2, -0.15) is 10.4 Å². The van der Waals surface area contributed by atoms with E-state index in [4.69, 9.17) is 4.74 Å². The number of carbonyl (C=O) groups is 1. The number of nitrogens with zero attached hydrogens (tertiary/aromatic N) is 6. The predicted molar refractivity (Wildman–Crippen MR) is 128 cm³/mol. The summed E-state index contributed by atoms with van der Waals surface area (Å²) < 4.78 is 8.12. The molecule has 2 aromatic carbocycles. The first-order valence-electron chi connectivity index (χ1n) is 11.9. The zero-order valence-electron chi connectivity index (χ0n) is 19.2. The van der Waals surface area contributed by atoms with E-state index < -0.39 is 5.60 Å². The molecule has 1 aliphatic carbocycles. The number of H-pyrrole nitrogens is 1. The quantitative estimate of drug-likeness (QED) is 0.469. The summed E-state index contributed by atoms with van der Waals surface area (Å²) in [5.74, 6) is 1.62. The van der Waals surface area contributed by atoms with Gasteiger partial charge in [-0.15, -0.1) is 0 Å². The van der Waals surface area contributed by atoms with E-state index in [-0.39, 0.29) is 6.09 Å². The minimum absolute atomic E-state index is 0.296. The molecule has 2 aromatic heterocycles. The van der Waals surface area contributed by atoms with Crippen molar-refractivity contribution in [1.29, 1.82) is 5.26 Å². The molecule has 3 heterocycles. The molecule has 2 atom stereocenters. The number of hydrogen-bond acceptors (Lipinski definition) is 6. The first-order valence-corrected chi connectivity index (χ1v) is 11.9. The molecule has 0 unspecified atom stereocenters. The number of aromatic nitrogens is 5. The molecule has 2 fully saturated rings. The number of benzene rings is 2. The molecule has 35 heavy (non-hydrogen) atoms. The van der Waals surface area contributed by atoms with Gasteiger partial charge >= 0.3 is 6.09 Å². The van der Waals surface area contributed by atoms with Gasteiger partial charge in [0.05, 0.1) is 42.1 Å². The highest BCUT2D eigenvalue weighted by molar-refractivity contribution is 5.77. The number of nitrogens with one attached hydrogen (secondary N) is 1. The number of rotatable bonds is 5. The van der Waals surface area contributed by atoms with E-state index in [1.54, 1.807) is 11.0 Å². The van der Waals surface area contributed by atoms with Crippen molar-refractivity contribution in [1.82, 2.24) is 29.6 Å². The van der Waals surface area contributed by atoms with Gasteiger partial charge in [0.1, 0.15) is 11.4 Å². The number of hydrogen-bond donors (Lipinski definition) is 1. The SMILES string of the molecule is N#Cc1ccc2ncn(C[C@H]3CCC[C@]4(C3)CN(Cc3nc(-c5ccccc5)n[nH]3)C(=O)O4)c2c1. The second kappa shape index (κ2) is 8.55. The second-order valence-electron chi connectivity index (χ2n) is 9.55. The maximum Gasteiger partial charge on any atom is 0.410 e. The number of ether oxygens (including phenoxy) is 1. The van der Waals surface area contributed by atoms with Crippen molar-refractivity contribution in [3.8, 4) is 17.5 Å². The van der Waals surface area contributed by atoms with Crippen LogP contribution in [0.25, 0.3) is 22.4 Å². The average Bonchev–Trinajstić information content (AvgIpc) is 3.58. The minimum atomic E-state index is -0.476. The van der Waals surface area contributed by atoms with Crippen LogP contribution >= 0.6 is 0 Å². The molecule has 4 aromatic rings. The Morgan fingerprint density at radius 2 is 2.11 bits per heavy atom. The van der Waals surface area contributed by atoms with Gasteiger partial charge in [-0.1, -0.05) is 30.3 Å². The van der Waals surface area contributed by atoms with Crippen LogP contribution in [0.3, 0.4) is 0 Å². The second-order valence-corrected chi connectivity index (χ2v) is 9.55. The molecule has 2 aliphatic rings. The molecule has 9 heteroatoms. The van der Waals surface area contributed by atoms with Crippen LogP contribution in [0.4, 0.5) is 4.79 Å². The number of fused-ring (bicyclic) bond motifs is 1. The van der Waals surface area contributed by atoms with Crippen LogP contribution in [-0.4, -0.2) is 47.9 Å². The summed E-state index contributed by atoms with van der Waals surface area (Å²) in [7, 11) is 0. The molecule has 1 spiro atoms.